The number of nitrogens with zero attached hydrogens (tertiary/aromatic N) is 3. The molecule has 1 aliphatic heterocycles. The molecule has 0 aromatic heterocycles. The molecule has 0 bridgehead atoms. The summed E-state index contributed by atoms with van der Waals surface area (Å²) in [7, 11) is 0. The van der Waals surface area contributed by atoms with Gasteiger partial charge < -0.3 is 30.5 Å². The summed E-state index contributed by atoms with van der Waals surface area (Å²) in [6.07, 6.45) is 1.40. The molecule has 0 spiro atoms. The van der Waals surface area contributed by atoms with Crippen LogP contribution in [-0.4, -0.2) is 74.1 Å². The van der Waals surface area contributed by atoms with Crippen molar-refractivity contribution in [1.82, 2.24) is 5.32 Å². The number of guanidine groups is 1. The number of carboxylic acid groups (broad SMARTS) is 1. The van der Waals surface area contributed by atoms with Gasteiger partial charge in [0.05, 0.1) is 39.4 Å². The Hall–Kier alpha value is -4.87. The first-order chi connectivity index (χ1) is 22.0. The van der Waals surface area contributed by atoms with Gasteiger partial charge in [0, 0.05) is 35.8 Å². The number of aliphatic imine (C=N–C) groups is 3. The van der Waals surface area contributed by atoms with Crippen molar-refractivity contribution in [3.8, 4) is 0 Å². The van der Waals surface area contributed by atoms with Gasteiger partial charge >= 0.3 is 5.97 Å². The van der Waals surface area contributed by atoms with Crippen LogP contribution < -0.4 is 16.0 Å². The monoisotopic (exact) mass is 612 g/mol. The van der Waals surface area contributed by atoms with Crippen LogP contribution in [0.3, 0.4) is 0 Å². The molecule has 0 radical (unpaired) electrons. The smallest absolute Gasteiger partial charge is 0.307 e. The summed E-state index contributed by atoms with van der Waals surface area (Å²) in [5.41, 5.74) is 3.00. The van der Waals surface area contributed by atoms with Gasteiger partial charge in [-0.3, -0.25) is 14.6 Å². The van der Waals surface area contributed by atoms with Crippen LogP contribution >= 0.6 is 0 Å². The SMILES string of the molecule is CCC1CC(=NCCOCCOCCNC(=O)c2ccccc2)N=C(Nc2ccc(CC(=O)O)cc2)N=C1Nc1ccccc1. The second kappa shape index (κ2) is 18.1. The average molecular weight is 613 g/mol. The van der Waals surface area contributed by atoms with Crippen molar-refractivity contribution in [1.29, 1.82) is 0 Å². The second-order valence-electron chi connectivity index (χ2n) is 10.3. The zero-order chi connectivity index (χ0) is 31.7. The molecule has 0 aliphatic carbocycles. The highest BCUT2D eigenvalue weighted by Crippen LogP contribution is 2.20. The number of nitrogens with one attached hydrogen (secondary N) is 3. The largest absolute Gasteiger partial charge is 0.481 e. The van der Waals surface area contributed by atoms with Crippen molar-refractivity contribution in [3.63, 3.8) is 0 Å². The van der Waals surface area contributed by atoms with E-state index in [1.165, 1.54) is 0 Å². The molecule has 1 amide bonds. The highest BCUT2D eigenvalue weighted by molar-refractivity contribution is 6.14. The van der Waals surface area contributed by atoms with E-state index in [9.17, 15) is 9.59 Å². The summed E-state index contributed by atoms with van der Waals surface area (Å²) < 4.78 is 11.3. The lowest BCUT2D eigenvalue weighted by Gasteiger charge is -2.17. The highest BCUT2D eigenvalue weighted by Gasteiger charge is 2.22. The normalized spacial score (nSPS) is 15.5. The summed E-state index contributed by atoms with van der Waals surface area (Å²) in [6.45, 7) is 4.60. The number of carboxylic acids is 1. The van der Waals surface area contributed by atoms with E-state index in [0.29, 0.717) is 68.9 Å². The Morgan fingerprint density at radius 2 is 1.51 bits per heavy atom. The van der Waals surface area contributed by atoms with Crippen LogP contribution in [0.15, 0.2) is 99.9 Å². The lowest BCUT2D eigenvalue weighted by atomic mass is 10.00. The molecule has 4 rings (SSSR count). The van der Waals surface area contributed by atoms with Gasteiger partial charge in [0.1, 0.15) is 11.7 Å². The molecule has 45 heavy (non-hydrogen) atoms. The van der Waals surface area contributed by atoms with Crippen molar-refractivity contribution in [2.24, 2.45) is 20.9 Å². The van der Waals surface area contributed by atoms with Crippen molar-refractivity contribution in [2.75, 3.05) is 50.2 Å². The molecule has 236 valence electrons. The Bertz CT molecular complexity index is 1460. The van der Waals surface area contributed by atoms with Crippen LogP contribution in [0.4, 0.5) is 11.4 Å². The molecule has 11 heteroatoms. The third-order valence-corrected chi connectivity index (χ3v) is 6.85. The molecule has 11 nitrogen and oxygen atoms in total. The number of carbonyl (C=O) groups is 2. The fourth-order valence-corrected chi connectivity index (χ4v) is 4.51. The van der Waals surface area contributed by atoms with Crippen LogP contribution in [-0.2, 0) is 20.7 Å². The molecule has 1 atom stereocenters. The van der Waals surface area contributed by atoms with E-state index < -0.39 is 5.97 Å². The number of aliphatic carboxylic acids is 1. The minimum absolute atomic E-state index is 0.0410. The highest BCUT2D eigenvalue weighted by atomic mass is 16.5. The van der Waals surface area contributed by atoms with Crippen LogP contribution in [0.2, 0.25) is 0 Å². The summed E-state index contributed by atoms with van der Waals surface area (Å²) in [5.74, 6) is 0.911. The van der Waals surface area contributed by atoms with Crippen molar-refractivity contribution in [2.45, 2.75) is 26.2 Å². The third-order valence-electron chi connectivity index (χ3n) is 6.85. The first-order valence-electron chi connectivity index (χ1n) is 15.1. The number of hydrogen-bond acceptors (Lipinski definition) is 8. The first-order valence-corrected chi connectivity index (χ1v) is 15.1. The standard InChI is InChI=1S/C34H40N6O5/c1-2-26-24-30(35-17-19-44-21-22-45-20-18-36-33(43)27-9-5-3-6-10-27)39-34(40-32(26)37-28-11-7-4-8-12-28)38-29-15-13-25(14-16-29)23-31(41)42/h3-16,26H,2,17-24H2,1H3,(H,36,43)(H,41,42)(H2,35,37,38,39,40). The third kappa shape index (κ3) is 11.6. The quantitative estimate of drug-likeness (QED) is 0.179. The van der Waals surface area contributed by atoms with Gasteiger partial charge in [-0.1, -0.05) is 55.5 Å². The maximum Gasteiger partial charge on any atom is 0.307 e. The number of hydrogen-bond donors (Lipinski definition) is 4. The Labute approximate surface area is 263 Å². The van der Waals surface area contributed by atoms with Gasteiger partial charge in [0.2, 0.25) is 5.96 Å². The first kappa shape index (κ1) is 33.0. The molecular formula is C34H40N6O5. The van der Waals surface area contributed by atoms with Crippen molar-refractivity contribution >= 4 is 40.9 Å². The Balaban J connectivity index is 1.29. The van der Waals surface area contributed by atoms with Crippen molar-refractivity contribution < 1.29 is 24.2 Å². The summed E-state index contributed by atoms with van der Waals surface area (Å²) in [5, 5.41) is 18.6. The number of amides is 1. The molecule has 0 saturated heterocycles. The van der Waals surface area contributed by atoms with E-state index in [-0.39, 0.29) is 18.2 Å². The van der Waals surface area contributed by atoms with E-state index in [1.54, 1.807) is 24.3 Å². The molecule has 3 aromatic carbocycles. The molecule has 0 saturated carbocycles. The lowest BCUT2D eigenvalue weighted by Crippen LogP contribution is -2.27. The second-order valence-corrected chi connectivity index (χ2v) is 10.3. The number of rotatable bonds is 15. The number of benzene rings is 3. The van der Waals surface area contributed by atoms with E-state index in [0.717, 1.165) is 23.6 Å². The molecule has 1 unspecified atom stereocenters. The van der Waals surface area contributed by atoms with Gasteiger partial charge in [0.15, 0.2) is 0 Å². The van der Waals surface area contributed by atoms with Crippen molar-refractivity contribution in [3.05, 3.63) is 96.1 Å². The number of para-hydroxylation sites is 1. The predicted octanol–water partition coefficient (Wildman–Crippen LogP) is 4.88. The maximum atomic E-state index is 12.1. The predicted molar refractivity (Wildman–Crippen MR) is 177 cm³/mol. The number of amidine groups is 2. The van der Waals surface area contributed by atoms with E-state index >= 15 is 0 Å². The summed E-state index contributed by atoms with van der Waals surface area (Å²) >= 11 is 0. The fourth-order valence-electron chi connectivity index (χ4n) is 4.51. The van der Waals surface area contributed by atoms with Gasteiger partial charge in [-0.25, -0.2) is 0 Å². The number of anilines is 2. The molecule has 0 fully saturated rings. The molecule has 1 aliphatic rings. The molecular weight excluding hydrogens is 572 g/mol. The maximum absolute atomic E-state index is 12.1. The lowest BCUT2D eigenvalue weighted by molar-refractivity contribution is -0.136. The summed E-state index contributed by atoms with van der Waals surface area (Å²) in [4.78, 5) is 37.4. The Morgan fingerprint density at radius 1 is 0.844 bits per heavy atom. The van der Waals surface area contributed by atoms with Crippen LogP contribution in [0.1, 0.15) is 35.7 Å². The Kier molecular flexibility index (Phi) is 13.3. The van der Waals surface area contributed by atoms with Crippen LogP contribution in [0, 0.1) is 5.92 Å². The van der Waals surface area contributed by atoms with Crippen LogP contribution in [0.5, 0.6) is 0 Å². The van der Waals surface area contributed by atoms with Gasteiger partial charge in [-0.15, -0.1) is 0 Å². The minimum atomic E-state index is -0.877. The molecule has 4 N–H and O–H groups in total. The molecule has 3 aromatic rings. The number of ether oxygens (including phenoxy) is 2. The topological polar surface area (TPSA) is 146 Å². The Morgan fingerprint density at radius 3 is 2.20 bits per heavy atom. The van der Waals surface area contributed by atoms with Gasteiger partial charge in [0.25, 0.3) is 5.91 Å². The van der Waals surface area contributed by atoms with E-state index in [4.69, 9.17) is 29.6 Å². The van der Waals surface area contributed by atoms with Gasteiger partial charge in [-0.05, 0) is 48.4 Å². The van der Waals surface area contributed by atoms with Gasteiger partial charge in [-0.2, -0.15) is 9.98 Å². The van der Waals surface area contributed by atoms with E-state index in [2.05, 4.69) is 22.9 Å². The average Bonchev–Trinajstić information content (AvgIpc) is 3.21. The zero-order valence-electron chi connectivity index (χ0n) is 25.4. The van der Waals surface area contributed by atoms with E-state index in [1.807, 2.05) is 60.7 Å². The zero-order valence-corrected chi connectivity index (χ0v) is 25.4. The fraction of sp³-hybridized carbons (Fsp3) is 0.324. The molecule has 1 heterocycles. The minimum Gasteiger partial charge on any atom is -0.481 e. The number of carbonyl (C=O) groups excluding carboxylic acids is 1. The van der Waals surface area contributed by atoms with Crippen LogP contribution in [0.25, 0.3) is 0 Å². The summed E-state index contributed by atoms with van der Waals surface area (Å²) in [6, 6.07) is 26.1.